The predicted octanol–water partition coefficient (Wildman–Crippen LogP) is 3.06. The van der Waals surface area contributed by atoms with Gasteiger partial charge < -0.3 is 5.11 Å². The molecule has 0 bridgehead atoms. The van der Waals surface area contributed by atoms with Crippen LogP contribution in [0.1, 0.15) is 31.7 Å². The summed E-state index contributed by atoms with van der Waals surface area (Å²) >= 11 is 0. The molecular formula is C13H16F2O. The van der Waals surface area contributed by atoms with Gasteiger partial charge in [-0.25, -0.2) is 8.78 Å². The molecule has 1 aromatic carbocycles. The molecule has 2 rings (SSSR count). The number of rotatable bonds is 2. The SMILES string of the molecule is CC1(Cc2cc(F)ccc2F)CCC(O)C1. The lowest BCUT2D eigenvalue weighted by atomic mass is 9.82. The van der Waals surface area contributed by atoms with E-state index in [0.717, 1.165) is 18.9 Å². The highest BCUT2D eigenvalue weighted by molar-refractivity contribution is 5.20. The minimum absolute atomic E-state index is 0.103. The molecule has 1 nitrogen and oxygen atoms in total. The quantitative estimate of drug-likeness (QED) is 0.821. The van der Waals surface area contributed by atoms with Gasteiger partial charge in [0.15, 0.2) is 0 Å². The normalized spacial score (nSPS) is 29.6. The van der Waals surface area contributed by atoms with Crippen LogP contribution < -0.4 is 0 Å². The highest BCUT2D eigenvalue weighted by Gasteiger charge is 2.34. The summed E-state index contributed by atoms with van der Waals surface area (Å²) in [5.74, 6) is -0.762. The molecule has 2 atom stereocenters. The smallest absolute Gasteiger partial charge is 0.126 e. The van der Waals surface area contributed by atoms with Crippen LogP contribution in [0.2, 0.25) is 0 Å². The summed E-state index contributed by atoms with van der Waals surface area (Å²) in [4.78, 5) is 0. The Morgan fingerprint density at radius 3 is 2.81 bits per heavy atom. The molecule has 1 saturated carbocycles. The topological polar surface area (TPSA) is 20.2 Å². The first-order valence-electron chi connectivity index (χ1n) is 5.60. The minimum atomic E-state index is -0.404. The summed E-state index contributed by atoms with van der Waals surface area (Å²) in [7, 11) is 0. The fourth-order valence-electron chi connectivity index (χ4n) is 2.59. The third kappa shape index (κ3) is 2.40. The van der Waals surface area contributed by atoms with E-state index < -0.39 is 5.82 Å². The molecule has 16 heavy (non-hydrogen) atoms. The van der Waals surface area contributed by atoms with E-state index in [4.69, 9.17) is 0 Å². The lowest BCUT2D eigenvalue weighted by molar-refractivity contribution is 0.163. The highest BCUT2D eigenvalue weighted by atomic mass is 19.1. The van der Waals surface area contributed by atoms with Crippen molar-refractivity contribution in [3.05, 3.63) is 35.4 Å². The van der Waals surface area contributed by atoms with Gasteiger partial charge in [0, 0.05) is 0 Å². The van der Waals surface area contributed by atoms with Crippen molar-refractivity contribution in [2.75, 3.05) is 0 Å². The molecule has 1 N–H and O–H groups in total. The van der Waals surface area contributed by atoms with E-state index in [2.05, 4.69) is 0 Å². The highest BCUT2D eigenvalue weighted by Crippen LogP contribution is 2.40. The van der Waals surface area contributed by atoms with Gasteiger partial charge in [-0.1, -0.05) is 6.92 Å². The lowest BCUT2D eigenvalue weighted by Gasteiger charge is -2.23. The Hall–Kier alpha value is -0.960. The van der Waals surface area contributed by atoms with Crippen molar-refractivity contribution in [2.45, 2.75) is 38.7 Å². The van der Waals surface area contributed by atoms with Crippen LogP contribution in [0, 0.1) is 17.0 Å². The Balaban J connectivity index is 2.17. The van der Waals surface area contributed by atoms with Gasteiger partial charge in [-0.3, -0.25) is 0 Å². The molecule has 0 amide bonds. The molecule has 0 aromatic heterocycles. The average molecular weight is 226 g/mol. The van der Waals surface area contributed by atoms with E-state index in [-0.39, 0.29) is 17.3 Å². The van der Waals surface area contributed by atoms with E-state index in [0.29, 0.717) is 18.4 Å². The molecule has 0 saturated heterocycles. The lowest BCUT2D eigenvalue weighted by Crippen LogP contribution is -2.17. The first-order chi connectivity index (χ1) is 7.48. The van der Waals surface area contributed by atoms with Crippen molar-refractivity contribution in [3.8, 4) is 0 Å². The fourth-order valence-corrected chi connectivity index (χ4v) is 2.59. The Morgan fingerprint density at radius 2 is 2.19 bits per heavy atom. The zero-order valence-corrected chi connectivity index (χ0v) is 9.34. The second kappa shape index (κ2) is 4.13. The summed E-state index contributed by atoms with van der Waals surface area (Å²) < 4.78 is 26.5. The zero-order chi connectivity index (χ0) is 11.8. The van der Waals surface area contributed by atoms with Crippen molar-refractivity contribution in [1.29, 1.82) is 0 Å². The third-order valence-electron chi connectivity index (χ3n) is 3.43. The molecule has 1 aliphatic rings. The standard InChI is InChI=1S/C13H16F2O/c1-13(5-4-11(16)8-13)7-9-6-10(14)2-3-12(9)15/h2-3,6,11,16H,4-5,7-8H2,1H3. The van der Waals surface area contributed by atoms with Gasteiger partial charge in [0.05, 0.1) is 6.10 Å². The van der Waals surface area contributed by atoms with E-state index in [9.17, 15) is 13.9 Å². The number of aliphatic hydroxyl groups excluding tert-OH is 1. The van der Waals surface area contributed by atoms with Crippen LogP contribution in [0.5, 0.6) is 0 Å². The third-order valence-corrected chi connectivity index (χ3v) is 3.43. The summed E-state index contributed by atoms with van der Waals surface area (Å²) in [6.07, 6.45) is 2.50. The molecular weight excluding hydrogens is 210 g/mol. The summed E-state index contributed by atoms with van der Waals surface area (Å²) in [6.45, 7) is 2.02. The van der Waals surface area contributed by atoms with Crippen molar-refractivity contribution in [3.63, 3.8) is 0 Å². The average Bonchev–Trinajstić information content (AvgIpc) is 2.52. The van der Waals surface area contributed by atoms with Crippen LogP contribution in [0.4, 0.5) is 8.78 Å². The van der Waals surface area contributed by atoms with E-state index in [1.807, 2.05) is 6.92 Å². The summed E-state index contributed by atoms with van der Waals surface area (Å²) in [5, 5.41) is 9.50. The van der Waals surface area contributed by atoms with Crippen molar-refractivity contribution >= 4 is 0 Å². The van der Waals surface area contributed by atoms with Gasteiger partial charge in [-0.15, -0.1) is 0 Å². The van der Waals surface area contributed by atoms with Crippen LogP contribution >= 0.6 is 0 Å². The van der Waals surface area contributed by atoms with Crippen LogP contribution in [-0.2, 0) is 6.42 Å². The first-order valence-corrected chi connectivity index (χ1v) is 5.60. The Morgan fingerprint density at radius 1 is 1.44 bits per heavy atom. The molecule has 1 aromatic rings. The number of hydrogen-bond donors (Lipinski definition) is 1. The molecule has 0 aliphatic heterocycles. The molecule has 0 radical (unpaired) electrons. The maximum Gasteiger partial charge on any atom is 0.126 e. The number of aliphatic hydroxyl groups is 1. The van der Waals surface area contributed by atoms with Gasteiger partial charge >= 0.3 is 0 Å². The van der Waals surface area contributed by atoms with E-state index in [1.165, 1.54) is 12.1 Å². The van der Waals surface area contributed by atoms with Gasteiger partial charge in [0.2, 0.25) is 0 Å². The van der Waals surface area contributed by atoms with E-state index in [1.54, 1.807) is 0 Å². The largest absolute Gasteiger partial charge is 0.393 e. The maximum atomic E-state index is 13.5. The Bertz CT molecular complexity index is 392. The predicted molar refractivity (Wildman–Crippen MR) is 58.0 cm³/mol. The van der Waals surface area contributed by atoms with Crippen molar-refractivity contribution < 1.29 is 13.9 Å². The Kier molecular flexibility index (Phi) is 2.98. The monoisotopic (exact) mass is 226 g/mol. The molecule has 1 aliphatic carbocycles. The van der Waals surface area contributed by atoms with E-state index >= 15 is 0 Å². The minimum Gasteiger partial charge on any atom is -0.393 e. The number of hydrogen-bond acceptors (Lipinski definition) is 1. The number of halogens is 2. The second-order valence-electron chi connectivity index (χ2n) is 5.12. The molecule has 2 unspecified atom stereocenters. The van der Waals surface area contributed by atoms with Crippen LogP contribution in [-0.4, -0.2) is 11.2 Å². The van der Waals surface area contributed by atoms with Crippen LogP contribution in [0.15, 0.2) is 18.2 Å². The second-order valence-corrected chi connectivity index (χ2v) is 5.12. The summed E-state index contributed by atoms with van der Waals surface area (Å²) in [6, 6.07) is 3.55. The molecule has 3 heteroatoms. The Labute approximate surface area is 94.1 Å². The fraction of sp³-hybridized carbons (Fsp3) is 0.538. The van der Waals surface area contributed by atoms with Gasteiger partial charge in [-0.05, 0) is 54.9 Å². The molecule has 1 fully saturated rings. The molecule has 0 spiro atoms. The van der Waals surface area contributed by atoms with Gasteiger partial charge in [0.25, 0.3) is 0 Å². The molecule has 88 valence electrons. The summed E-state index contributed by atoms with van der Waals surface area (Å²) in [5.41, 5.74) is 0.310. The van der Waals surface area contributed by atoms with Crippen molar-refractivity contribution in [1.82, 2.24) is 0 Å². The van der Waals surface area contributed by atoms with Crippen LogP contribution in [0.3, 0.4) is 0 Å². The van der Waals surface area contributed by atoms with Crippen LogP contribution in [0.25, 0.3) is 0 Å². The van der Waals surface area contributed by atoms with Crippen molar-refractivity contribution in [2.24, 2.45) is 5.41 Å². The zero-order valence-electron chi connectivity index (χ0n) is 9.34. The maximum absolute atomic E-state index is 13.5. The first kappa shape index (κ1) is 11.5. The van der Waals surface area contributed by atoms with Gasteiger partial charge in [0.1, 0.15) is 11.6 Å². The molecule has 0 heterocycles. The van der Waals surface area contributed by atoms with Gasteiger partial charge in [-0.2, -0.15) is 0 Å². The number of benzene rings is 1.